The van der Waals surface area contributed by atoms with E-state index in [1.807, 2.05) is 0 Å². The number of nitrogens with zero attached hydrogens (tertiary/aromatic N) is 3. The van der Waals surface area contributed by atoms with Crippen LogP contribution in [0.3, 0.4) is 0 Å². The minimum atomic E-state index is -4.22. The molecule has 0 aliphatic carbocycles. The Morgan fingerprint density at radius 2 is 1.94 bits per heavy atom. The Bertz CT molecular complexity index is 365. The molecule has 1 saturated heterocycles. The molecule has 1 fully saturated rings. The highest BCUT2D eigenvalue weighted by Crippen LogP contribution is 2.34. The first-order valence-electron chi connectivity index (χ1n) is 4.79. The van der Waals surface area contributed by atoms with Crippen LogP contribution in [-0.2, 0) is 0 Å². The lowest BCUT2D eigenvalue weighted by Gasteiger charge is -2.26. The molecule has 0 bridgehead atoms. The molecule has 7 heteroatoms. The van der Waals surface area contributed by atoms with E-state index in [1.54, 1.807) is 0 Å². The maximum atomic E-state index is 12.7. The van der Waals surface area contributed by atoms with Gasteiger partial charge in [0, 0.05) is 18.9 Å². The van der Waals surface area contributed by atoms with Gasteiger partial charge in [0.1, 0.15) is 6.04 Å². The summed E-state index contributed by atoms with van der Waals surface area (Å²) < 4.78 is 38.7. The lowest BCUT2D eigenvalue weighted by atomic mass is 10.2. The Kier molecular flexibility index (Phi) is 3.05. The van der Waals surface area contributed by atoms with E-state index in [0.29, 0.717) is 17.4 Å². The van der Waals surface area contributed by atoms with Crippen LogP contribution in [0.15, 0.2) is 16.9 Å². The first-order valence-corrected chi connectivity index (χ1v) is 5.58. The van der Waals surface area contributed by atoms with E-state index in [9.17, 15) is 13.2 Å². The van der Waals surface area contributed by atoms with E-state index in [0.717, 1.165) is 0 Å². The average Bonchev–Trinajstić information content (AvgIpc) is 2.66. The summed E-state index contributed by atoms with van der Waals surface area (Å²) >= 11 is 3.14. The van der Waals surface area contributed by atoms with Gasteiger partial charge in [-0.1, -0.05) is 0 Å². The smallest absolute Gasteiger partial charge is 0.329 e. The van der Waals surface area contributed by atoms with Crippen molar-refractivity contribution < 1.29 is 13.2 Å². The third kappa shape index (κ3) is 2.28. The molecular formula is C9H9BrF3N3. The number of rotatable bonds is 1. The van der Waals surface area contributed by atoms with Gasteiger partial charge in [0.2, 0.25) is 5.95 Å². The van der Waals surface area contributed by atoms with E-state index >= 15 is 0 Å². The van der Waals surface area contributed by atoms with Crippen molar-refractivity contribution in [3.63, 3.8) is 0 Å². The quantitative estimate of drug-likeness (QED) is 0.798. The monoisotopic (exact) mass is 295 g/mol. The van der Waals surface area contributed by atoms with Crippen molar-refractivity contribution in [1.82, 2.24) is 9.97 Å². The molecule has 0 saturated carbocycles. The molecule has 1 unspecified atom stereocenters. The summed E-state index contributed by atoms with van der Waals surface area (Å²) in [4.78, 5) is 9.00. The maximum absolute atomic E-state index is 12.7. The van der Waals surface area contributed by atoms with Crippen molar-refractivity contribution in [2.45, 2.75) is 25.1 Å². The fourth-order valence-electron chi connectivity index (χ4n) is 1.80. The third-order valence-electron chi connectivity index (χ3n) is 2.49. The second-order valence-corrected chi connectivity index (χ2v) is 4.51. The Morgan fingerprint density at radius 3 is 2.50 bits per heavy atom. The number of halogens is 4. The van der Waals surface area contributed by atoms with Crippen molar-refractivity contribution in [2.24, 2.45) is 0 Å². The standard InChI is InChI=1S/C9H9BrF3N3/c10-6-4-14-8(15-5-6)16-3-1-2-7(16)9(11,12)13/h4-5,7H,1-3H2. The van der Waals surface area contributed by atoms with Gasteiger partial charge >= 0.3 is 6.18 Å². The van der Waals surface area contributed by atoms with Crippen molar-refractivity contribution in [3.8, 4) is 0 Å². The van der Waals surface area contributed by atoms with Crippen molar-refractivity contribution in [3.05, 3.63) is 16.9 Å². The zero-order valence-electron chi connectivity index (χ0n) is 8.21. The minimum Gasteiger partial charge on any atom is -0.329 e. The van der Waals surface area contributed by atoms with Crippen LogP contribution in [0.2, 0.25) is 0 Å². The predicted octanol–water partition coefficient (Wildman–Crippen LogP) is 2.77. The first kappa shape index (κ1) is 11.6. The normalized spacial score (nSPS) is 21.5. The van der Waals surface area contributed by atoms with E-state index in [-0.39, 0.29) is 12.4 Å². The van der Waals surface area contributed by atoms with Crippen molar-refractivity contribution in [1.29, 1.82) is 0 Å². The van der Waals surface area contributed by atoms with Crippen molar-refractivity contribution in [2.75, 3.05) is 11.4 Å². The molecule has 2 rings (SSSR count). The van der Waals surface area contributed by atoms with E-state index in [1.165, 1.54) is 17.3 Å². The number of aromatic nitrogens is 2. The van der Waals surface area contributed by atoms with E-state index < -0.39 is 12.2 Å². The second kappa shape index (κ2) is 4.20. The Hall–Kier alpha value is -0.850. The molecule has 0 amide bonds. The van der Waals surface area contributed by atoms with Gasteiger partial charge < -0.3 is 4.90 Å². The molecule has 1 aromatic rings. The summed E-state index contributed by atoms with van der Waals surface area (Å²) in [6.45, 7) is 0.353. The van der Waals surface area contributed by atoms with Crippen molar-refractivity contribution >= 4 is 21.9 Å². The largest absolute Gasteiger partial charge is 0.408 e. The van der Waals surface area contributed by atoms with Crippen LogP contribution in [0.4, 0.5) is 19.1 Å². The van der Waals surface area contributed by atoms with Crippen LogP contribution in [0, 0.1) is 0 Å². The number of alkyl halides is 3. The van der Waals surface area contributed by atoms with Crippen LogP contribution in [0.25, 0.3) is 0 Å². The highest BCUT2D eigenvalue weighted by molar-refractivity contribution is 9.10. The zero-order valence-corrected chi connectivity index (χ0v) is 9.79. The molecule has 0 radical (unpaired) electrons. The van der Waals surface area contributed by atoms with Gasteiger partial charge in [0.25, 0.3) is 0 Å². The Morgan fingerprint density at radius 1 is 1.31 bits per heavy atom. The topological polar surface area (TPSA) is 29.0 Å². The van der Waals surface area contributed by atoms with Crippen LogP contribution in [-0.4, -0.2) is 28.7 Å². The van der Waals surface area contributed by atoms with Gasteiger partial charge in [-0.2, -0.15) is 13.2 Å². The molecule has 1 aliphatic rings. The number of anilines is 1. The molecule has 0 aromatic carbocycles. The van der Waals surface area contributed by atoms with Gasteiger partial charge in [0.05, 0.1) is 4.47 Å². The lowest BCUT2D eigenvalue weighted by Crippen LogP contribution is -2.42. The summed E-state index contributed by atoms with van der Waals surface area (Å²) in [6, 6.07) is -1.45. The molecule has 88 valence electrons. The lowest BCUT2D eigenvalue weighted by molar-refractivity contribution is -0.146. The van der Waals surface area contributed by atoms with Gasteiger partial charge in [-0.3, -0.25) is 0 Å². The van der Waals surface area contributed by atoms with Gasteiger partial charge in [-0.05, 0) is 28.8 Å². The zero-order chi connectivity index (χ0) is 11.8. The molecule has 0 N–H and O–H groups in total. The van der Waals surface area contributed by atoms with Crippen LogP contribution in [0.1, 0.15) is 12.8 Å². The van der Waals surface area contributed by atoms with E-state index in [2.05, 4.69) is 25.9 Å². The van der Waals surface area contributed by atoms with Crippen LogP contribution < -0.4 is 4.90 Å². The molecular weight excluding hydrogens is 287 g/mol. The number of hydrogen-bond donors (Lipinski definition) is 0. The highest BCUT2D eigenvalue weighted by Gasteiger charge is 2.46. The minimum absolute atomic E-state index is 0.114. The number of hydrogen-bond acceptors (Lipinski definition) is 3. The molecule has 1 aliphatic heterocycles. The molecule has 2 heterocycles. The molecule has 1 atom stereocenters. The maximum Gasteiger partial charge on any atom is 0.408 e. The summed E-state index contributed by atoms with van der Waals surface area (Å²) in [5.41, 5.74) is 0. The third-order valence-corrected chi connectivity index (χ3v) is 2.90. The van der Waals surface area contributed by atoms with Crippen LogP contribution >= 0.6 is 15.9 Å². The summed E-state index contributed by atoms with van der Waals surface area (Å²) in [5.74, 6) is 0.142. The summed E-state index contributed by atoms with van der Waals surface area (Å²) in [6.07, 6.45) is -0.679. The van der Waals surface area contributed by atoms with Gasteiger partial charge in [-0.25, -0.2) is 9.97 Å². The summed E-state index contributed by atoms with van der Waals surface area (Å²) in [7, 11) is 0. The molecule has 1 aromatic heterocycles. The fourth-order valence-corrected chi connectivity index (χ4v) is 2.00. The molecule has 0 spiro atoms. The first-order chi connectivity index (χ1) is 7.48. The predicted molar refractivity (Wildman–Crippen MR) is 56.2 cm³/mol. The molecule has 16 heavy (non-hydrogen) atoms. The van der Waals surface area contributed by atoms with Gasteiger partial charge in [-0.15, -0.1) is 0 Å². The Balaban J connectivity index is 2.23. The fraction of sp³-hybridized carbons (Fsp3) is 0.556. The SMILES string of the molecule is FC(F)(F)C1CCCN1c1ncc(Br)cn1. The summed E-state index contributed by atoms with van der Waals surface area (Å²) in [5, 5.41) is 0. The Labute approximate surface area is 98.8 Å². The molecule has 3 nitrogen and oxygen atoms in total. The average molecular weight is 296 g/mol. The van der Waals surface area contributed by atoms with Crippen LogP contribution in [0.5, 0.6) is 0 Å². The van der Waals surface area contributed by atoms with E-state index in [4.69, 9.17) is 0 Å². The highest BCUT2D eigenvalue weighted by atomic mass is 79.9. The van der Waals surface area contributed by atoms with Gasteiger partial charge in [0.15, 0.2) is 0 Å². The second-order valence-electron chi connectivity index (χ2n) is 3.59.